The molecule has 5 rings (SSSR count). The molecule has 2 heterocycles. The molecule has 28 heavy (non-hydrogen) atoms. The van der Waals surface area contributed by atoms with Crippen LogP contribution >= 0.6 is 11.3 Å². The zero-order chi connectivity index (χ0) is 19.0. The maximum atomic E-state index is 5.50. The highest BCUT2D eigenvalue weighted by Gasteiger charge is 2.37. The normalized spacial score (nSPS) is 18.0. The van der Waals surface area contributed by atoms with E-state index in [9.17, 15) is 0 Å². The monoisotopic (exact) mass is 385 g/mol. The van der Waals surface area contributed by atoms with E-state index in [1.54, 1.807) is 18.4 Å². The summed E-state index contributed by atoms with van der Waals surface area (Å²) in [6.45, 7) is 0. The number of aromatic nitrogens is 3. The van der Waals surface area contributed by atoms with Crippen molar-refractivity contribution < 1.29 is 4.74 Å². The molecule has 0 radical (unpaired) electrons. The van der Waals surface area contributed by atoms with Crippen LogP contribution in [0.5, 0.6) is 5.75 Å². The molecular weight excluding hydrogens is 366 g/mol. The van der Waals surface area contributed by atoms with E-state index < -0.39 is 0 Å². The van der Waals surface area contributed by atoms with E-state index in [1.807, 2.05) is 17.6 Å². The van der Waals surface area contributed by atoms with E-state index in [2.05, 4.69) is 75.9 Å². The van der Waals surface area contributed by atoms with Gasteiger partial charge >= 0.3 is 0 Å². The molecule has 0 saturated carbocycles. The zero-order valence-electron chi connectivity index (χ0n) is 15.4. The van der Waals surface area contributed by atoms with Crippen molar-refractivity contribution in [2.45, 2.75) is 11.8 Å². The number of ether oxygens (including phenoxy) is 1. The molecule has 1 unspecified atom stereocenters. The maximum absolute atomic E-state index is 5.50. The number of methoxy groups -OCH3 is 1. The van der Waals surface area contributed by atoms with Gasteiger partial charge in [0.05, 0.1) is 7.11 Å². The van der Waals surface area contributed by atoms with Crippen molar-refractivity contribution in [2.75, 3.05) is 7.11 Å². The van der Waals surface area contributed by atoms with Crippen molar-refractivity contribution in [2.24, 2.45) is 0 Å². The lowest BCUT2D eigenvalue weighted by atomic mass is 9.68. The SMILES string of the molecule is COc1cccc(C2(c3ccccc3)C=Cc3c(-c4nccs4)n[nH]c3C2)c1. The van der Waals surface area contributed by atoms with E-state index in [-0.39, 0.29) is 5.41 Å². The molecule has 5 heteroatoms. The van der Waals surface area contributed by atoms with Gasteiger partial charge in [-0.25, -0.2) is 4.98 Å². The average molecular weight is 385 g/mol. The van der Waals surface area contributed by atoms with Gasteiger partial charge in [-0.1, -0.05) is 54.6 Å². The van der Waals surface area contributed by atoms with Crippen molar-refractivity contribution >= 4 is 17.4 Å². The minimum Gasteiger partial charge on any atom is -0.497 e. The van der Waals surface area contributed by atoms with Crippen molar-refractivity contribution in [1.29, 1.82) is 0 Å². The Balaban J connectivity index is 1.67. The Kier molecular flexibility index (Phi) is 4.10. The molecule has 0 amide bonds. The molecule has 0 aliphatic heterocycles. The van der Waals surface area contributed by atoms with Crippen LogP contribution in [0.15, 0.2) is 72.3 Å². The van der Waals surface area contributed by atoms with Gasteiger partial charge in [-0.2, -0.15) is 5.10 Å². The molecule has 0 saturated heterocycles. The highest BCUT2D eigenvalue weighted by atomic mass is 32.1. The summed E-state index contributed by atoms with van der Waals surface area (Å²) >= 11 is 1.61. The molecule has 0 bridgehead atoms. The summed E-state index contributed by atoms with van der Waals surface area (Å²) in [5.74, 6) is 0.861. The van der Waals surface area contributed by atoms with Crippen molar-refractivity contribution in [3.8, 4) is 16.5 Å². The number of allylic oxidation sites excluding steroid dienone is 1. The number of hydrogen-bond donors (Lipinski definition) is 1. The van der Waals surface area contributed by atoms with Gasteiger partial charge in [0.15, 0.2) is 0 Å². The number of nitrogens with one attached hydrogen (secondary N) is 1. The van der Waals surface area contributed by atoms with Crippen LogP contribution in [0.25, 0.3) is 16.8 Å². The minimum absolute atomic E-state index is 0.282. The minimum atomic E-state index is -0.282. The largest absolute Gasteiger partial charge is 0.497 e. The Hall–Kier alpha value is -3.18. The third-order valence-electron chi connectivity index (χ3n) is 5.38. The van der Waals surface area contributed by atoms with Crippen molar-refractivity contribution in [3.63, 3.8) is 0 Å². The van der Waals surface area contributed by atoms with Gasteiger partial charge in [-0.3, -0.25) is 5.10 Å². The Morgan fingerprint density at radius 3 is 2.71 bits per heavy atom. The summed E-state index contributed by atoms with van der Waals surface area (Å²) in [6, 6.07) is 18.9. The van der Waals surface area contributed by atoms with Crippen molar-refractivity contribution in [3.05, 3.63) is 94.6 Å². The highest BCUT2D eigenvalue weighted by Crippen LogP contribution is 2.43. The number of aromatic amines is 1. The van der Waals surface area contributed by atoms with Crippen LogP contribution in [0.3, 0.4) is 0 Å². The van der Waals surface area contributed by atoms with Crippen LogP contribution in [0.4, 0.5) is 0 Å². The Morgan fingerprint density at radius 1 is 1.07 bits per heavy atom. The van der Waals surface area contributed by atoms with Crippen LogP contribution in [0.2, 0.25) is 0 Å². The molecule has 2 aromatic carbocycles. The first-order valence-electron chi connectivity index (χ1n) is 9.16. The summed E-state index contributed by atoms with van der Waals surface area (Å²) in [5.41, 5.74) is 5.34. The number of nitrogens with zero attached hydrogens (tertiary/aromatic N) is 2. The lowest BCUT2D eigenvalue weighted by Crippen LogP contribution is -2.30. The van der Waals surface area contributed by atoms with E-state index in [0.29, 0.717) is 0 Å². The molecule has 1 aliphatic carbocycles. The summed E-state index contributed by atoms with van der Waals surface area (Å²) in [7, 11) is 1.71. The Labute approximate surface area is 167 Å². The van der Waals surface area contributed by atoms with E-state index in [0.717, 1.165) is 34.1 Å². The fourth-order valence-corrected chi connectivity index (χ4v) is 4.61. The van der Waals surface area contributed by atoms with Gasteiger partial charge in [0.1, 0.15) is 16.5 Å². The summed E-state index contributed by atoms with van der Waals surface area (Å²) in [5, 5.41) is 10.8. The second kappa shape index (κ2) is 6.77. The average Bonchev–Trinajstić information content (AvgIpc) is 3.43. The van der Waals surface area contributed by atoms with Crippen LogP contribution in [0, 0.1) is 0 Å². The summed E-state index contributed by atoms with van der Waals surface area (Å²) in [4.78, 5) is 4.43. The smallest absolute Gasteiger partial charge is 0.144 e. The predicted octanol–water partition coefficient (Wildman–Crippen LogP) is 5.10. The number of rotatable bonds is 4. The molecule has 1 aliphatic rings. The summed E-state index contributed by atoms with van der Waals surface area (Å²) < 4.78 is 5.50. The molecule has 0 spiro atoms. The number of H-pyrrole nitrogens is 1. The molecule has 0 fully saturated rings. The second-order valence-corrected chi connectivity index (χ2v) is 7.78. The number of benzene rings is 2. The molecule has 1 N–H and O–H groups in total. The molecule has 138 valence electrons. The van der Waals surface area contributed by atoms with Gasteiger partial charge in [-0.15, -0.1) is 11.3 Å². The first-order chi connectivity index (χ1) is 13.8. The first-order valence-corrected chi connectivity index (χ1v) is 10.0. The van der Waals surface area contributed by atoms with Crippen LogP contribution < -0.4 is 4.74 Å². The third-order valence-corrected chi connectivity index (χ3v) is 6.16. The molecule has 4 nitrogen and oxygen atoms in total. The van der Waals surface area contributed by atoms with Crippen LogP contribution in [0.1, 0.15) is 22.4 Å². The van der Waals surface area contributed by atoms with Gasteiger partial charge in [0.25, 0.3) is 0 Å². The quantitative estimate of drug-likeness (QED) is 0.532. The lowest BCUT2D eigenvalue weighted by Gasteiger charge is -2.34. The van der Waals surface area contributed by atoms with E-state index in [1.165, 1.54) is 11.1 Å². The van der Waals surface area contributed by atoms with Gasteiger partial charge in [0, 0.05) is 34.7 Å². The number of thiazole rings is 1. The number of fused-ring (bicyclic) bond motifs is 1. The van der Waals surface area contributed by atoms with Crippen molar-refractivity contribution in [1.82, 2.24) is 15.2 Å². The zero-order valence-corrected chi connectivity index (χ0v) is 16.2. The summed E-state index contributed by atoms with van der Waals surface area (Å²) in [6.07, 6.45) is 7.10. The van der Waals surface area contributed by atoms with Gasteiger partial charge < -0.3 is 4.74 Å². The molecular formula is C23H19N3OS. The lowest BCUT2D eigenvalue weighted by molar-refractivity contribution is 0.413. The fourth-order valence-electron chi connectivity index (χ4n) is 3.97. The maximum Gasteiger partial charge on any atom is 0.144 e. The molecule has 1 atom stereocenters. The fraction of sp³-hybridized carbons (Fsp3) is 0.130. The van der Waals surface area contributed by atoms with Crippen LogP contribution in [-0.4, -0.2) is 22.3 Å². The first kappa shape index (κ1) is 17.0. The number of hydrogen-bond acceptors (Lipinski definition) is 4. The highest BCUT2D eigenvalue weighted by molar-refractivity contribution is 7.13. The molecule has 2 aromatic heterocycles. The topological polar surface area (TPSA) is 50.8 Å². The third kappa shape index (κ3) is 2.67. The van der Waals surface area contributed by atoms with E-state index in [4.69, 9.17) is 4.74 Å². The second-order valence-electron chi connectivity index (χ2n) is 6.88. The Morgan fingerprint density at radius 2 is 1.93 bits per heavy atom. The van der Waals surface area contributed by atoms with Crippen LogP contribution in [-0.2, 0) is 11.8 Å². The molecule has 4 aromatic rings. The van der Waals surface area contributed by atoms with Gasteiger partial charge in [-0.05, 0) is 23.3 Å². The van der Waals surface area contributed by atoms with E-state index >= 15 is 0 Å². The predicted molar refractivity (Wildman–Crippen MR) is 113 cm³/mol. The van der Waals surface area contributed by atoms with Gasteiger partial charge in [0.2, 0.25) is 0 Å². The Bertz CT molecular complexity index is 1130. The standard InChI is InChI=1S/C23H19N3OS/c1-27-18-9-5-8-17(14-18)23(16-6-3-2-4-7-16)11-10-19-20(15-23)25-26-21(19)22-24-12-13-28-22/h2-14H,15H2,1H3,(H,25,26).